The predicted octanol–water partition coefficient (Wildman–Crippen LogP) is 7.69. The van der Waals surface area contributed by atoms with Crippen molar-refractivity contribution in [1.29, 1.82) is 0 Å². The van der Waals surface area contributed by atoms with Crippen LogP contribution in [0.4, 0.5) is 26.7 Å². The molecule has 0 aromatic heterocycles. The number of hydrogen-bond donors (Lipinski definition) is 4. The Hall–Kier alpha value is -6.12. The molecule has 6 atom stereocenters. The lowest BCUT2D eigenvalue weighted by Gasteiger charge is -2.34. The third kappa shape index (κ3) is 11.2. The molecule has 0 radical (unpaired) electrons. The molecule has 3 saturated heterocycles. The van der Waals surface area contributed by atoms with E-state index in [1.54, 1.807) is 9.80 Å². The Labute approximate surface area is 383 Å². The largest absolute Gasteiger partial charge is 0.453 e. The molecule has 1 unspecified atom stereocenters. The molecule has 6 amide bonds. The molecule has 6 rings (SSSR count). The van der Waals surface area contributed by atoms with E-state index in [-0.39, 0.29) is 53.0 Å². The zero-order valence-electron chi connectivity index (χ0n) is 39.3. The Morgan fingerprint density at radius 1 is 0.569 bits per heavy atom. The highest BCUT2D eigenvalue weighted by Gasteiger charge is 2.41. The number of rotatable bonds is 13. The summed E-state index contributed by atoms with van der Waals surface area (Å²) in [6, 6.07) is 21.7. The maximum atomic E-state index is 13.7. The van der Waals surface area contributed by atoms with Crippen LogP contribution in [0.2, 0.25) is 0 Å². The van der Waals surface area contributed by atoms with Gasteiger partial charge in [-0.2, -0.15) is 0 Å². The number of anilines is 3. The Morgan fingerprint density at radius 3 is 1.29 bits per heavy atom. The van der Waals surface area contributed by atoms with Crippen LogP contribution in [-0.2, 0) is 34.1 Å². The smallest absolute Gasteiger partial charge is 0.407 e. The molecule has 0 saturated carbocycles. The van der Waals surface area contributed by atoms with Crippen molar-refractivity contribution in [3.8, 4) is 0 Å². The molecule has 4 N–H and O–H groups in total. The minimum absolute atomic E-state index is 0.0132. The Morgan fingerprint density at radius 2 is 0.954 bits per heavy atom. The van der Waals surface area contributed by atoms with Crippen LogP contribution < -0.4 is 26.2 Å². The number of carbonyl (C=O) groups is 6. The maximum absolute atomic E-state index is 13.7. The number of nitrogens with one attached hydrogen (secondary N) is 4. The number of benzene rings is 3. The van der Waals surface area contributed by atoms with Gasteiger partial charge in [0, 0.05) is 30.2 Å². The van der Waals surface area contributed by atoms with Crippen LogP contribution in [-0.4, -0.2) is 97.1 Å². The number of amides is 6. The molecule has 3 aliphatic rings. The van der Waals surface area contributed by atoms with Gasteiger partial charge in [-0.05, 0) is 109 Å². The zero-order chi connectivity index (χ0) is 47.2. The van der Waals surface area contributed by atoms with Crippen molar-refractivity contribution < 1.29 is 38.2 Å². The average molecular weight is 894 g/mol. The van der Waals surface area contributed by atoms with Crippen LogP contribution >= 0.6 is 0 Å². The van der Waals surface area contributed by atoms with E-state index >= 15 is 0 Å². The van der Waals surface area contributed by atoms with Crippen molar-refractivity contribution >= 4 is 52.9 Å². The van der Waals surface area contributed by atoms with Crippen LogP contribution in [0.15, 0.2) is 72.8 Å². The number of likely N-dealkylation sites (tertiary alicyclic amines) is 2. The molecule has 3 aromatic rings. The SMILES string of the molecule is COC(=O)N[C@H](C(=O)N1CCCC1C(=O)Nc1ccc([C@@H]2CC[C@@H](c3ccc(NC(=O)[C@@H]4CCCN4C(=O)[C@@H](NC(=O)OC)C(C)C)cc3)N2c2ccc(C(C)(C)C)cc2)cc1)C(C)C. The maximum Gasteiger partial charge on any atom is 0.407 e. The fourth-order valence-corrected chi connectivity index (χ4v) is 9.35. The summed E-state index contributed by atoms with van der Waals surface area (Å²) in [6.07, 6.45) is 2.77. The normalized spacial score (nSPS) is 20.6. The van der Waals surface area contributed by atoms with Gasteiger partial charge < -0.3 is 45.4 Å². The second-order valence-corrected chi connectivity index (χ2v) is 19.1. The molecule has 3 fully saturated rings. The van der Waals surface area contributed by atoms with E-state index < -0.39 is 36.4 Å². The first-order valence-corrected chi connectivity index (χ1v) is 22.9. The summed E-state index contributed by atoms with van der Waals surface area (Å²) in [5, 5.41) is 11.3. The van der Waals surface area contributed by atoms with Gasteiger partial charge in [-0.3, -0.25) is 19.2 Å². The Kier molecular flexibility index (Phi) is 15.5. The number of ether oxygens (including phenoxy) is 2. The summed E-state index contributed by atoms with van der Waals surface area (Å²) in [6.45, 7) is 14.8. The minimum atomic E-state index is -0.814. The van der Waals surface area contributed by atoms with Gasteiger partial charge in [-0.25, -0.2) is 9.59 Å². The summed E-state index contributed by atoms with van der Waals surface area (Å²) in [7, 11) is 2.50. The number of methoxy groups -OCH3 is 2. The number of carbonyl (C=O) groups excluding carboxylic acids is 6. The van der Waals surface area contributed by atoms with E-state index in [2.05, 4.69) is 95.5 Å². The fourth-order valence-electron chi connectivity index (χ4n) is 9.35. The van der Waals surface area contributed by atoms with Crippen LogP contribution in [0, 0.1) is 11.8 Å². The summed E-state index contributed by atoms with van der Waals surface area (Å²) in [5.74, 6) is -1.55. The van der Waals surface area contributed by atoms with Gasteiger partial charge in [0.2, 0.25) is 23.6 Å². The average Bonchev–Trinajstić information content (AvgIpc) is 4.08. The molecular formula is C50H67N7O8. The van der Waals surface area contributed by atoms with E-state index in [9.17, 15) is 28.8 Å². The van der Waals surface area contributed by atoms with Crippen molar-refractivity contribution in [2.75, 3.05) is 42.8 Å². The summed E-state index contributed by atoms with van der Waals surface area (Å²) < 4.78 is 9.49. The van der Waals surface area contributed by atoms with Crippen molar-refractivity contribution in [3.05, 3.63) is 89.5 Å². The monoisotopic (exact) mass is 894 g/mol. The van der Waals surface area contributed by atoms with E-state index in [0.29, 0.717) is 50.1 Å². The van der Waals surface area contributed by atoms with Crippen LogP contribution in [0.3, 0.4) is 0 Å². The first-order valence-electron chi connectivity index (χ1n) is 22.9. The second kappa shape index (κ2) is 20.8. The summed E-state index contributed by atoms with van der Waals surface area (Å²) >= 11 is 0. The molecule has 3 heterocycles. The highest BCUT2D eigenvalue weighted by molar-refractivity contribution is 5.99. The van der Waals surface area contributed by atoms with Gasteiger partial charge in [0.1, 0.15) is 24.2 Å². The molecule has 0 spiro atoms. The zero-order valence-corrected chi connectivity index (χ0v) is 39.3. The lowest BCUT2D eigenvalue weighted by atomic mass is 9.87. The second-order valence-electron chi connectivity index (χ2n) is 19.1. The number of nitrogens with zero attached hydrogens (tertiary/aromatic N) is 3. The van der Waals surface area contributed by atoms with Crippen molar-refractivity contribution in [1.82, 2.24) is 20.4 Å². The number of hydrogen-bond acceptors (Lipinski definition) is 9. The van der Waals surface area contributed by atoms with E-state index in [1.165, 1.54) is 19.8 Å². The van der Waals surface area contributed by atoms with Crippen LogP contribution in [0.1, 0.15) is 116 Å². The molecule has 15 heteroatoms. The first-order chi connectivity index (χ1) is 30.9. The van der Waals surface area contributed by atoms with Crippen LogP contribution in [0.25, 0.3) is 0 Å². The molecule has 3 aromatic carbocycles. The Balaban J connectivity index is 1.17. The Bertz CT molecular complexity index is 2050. The topological polar surface area (TPSA) is 179 Å². The fraction of sp³-hybridized carbons (Fsp3) is 0.520. The van der Waals surface area contributed by atoms with Gasteiger partial charge in [0.25, 0.3) is 0 Å². The third-order valence-electron chi connectivity index (χ3n) is 13.0. The first kappa shape index (κ1) is 48.3. The highest BCUT2D eigenvalue weighted by atomic mass is 16.5. The molecule has 0 bridgehead atoms. The molecule has 3 aliphatic heterocycles. The minimum Gasteiger partial charge on any atom is -0.453 e. The molecule has 350 valence electrons. The molecule has 0 aliphatic carbocycles. The van der Waals surface area contributed by atoms with Gasteiger partial charge in [0.05, 0.1) is 26.3 Å². The third-order valence-corrected chi connectivity index (χ3v) is 13.0. The summed E-state index contributed by atoms with van der Waals surface area (Å²) in [4.78, 5) is 84.1. The van der Waals surface area contributed by atoms with Crippen molar-refractivity contribution in [3.63, 3.8) is 0 Å². The predicted molar refractivity (Wildman–Crippen MR) is 250 cm³/mol. The standard InChI is InChI=1S/C50H67N7O8/c1-30(2)42(53-48(62)64-8)46(60)55-28-10-12-40(55)44(58)51-35-20-14-32(15-21-35)38-26-27-39(57(38)37-24-18-34(19-25-37)50(5,6)7)33-16-22-36(23-17-33)52-45(59)41-13-11-29-56(41)47(61)43(31(3)4)54-49(63)65-9/h14-25,30-31,38-43H,10-13,26-29H2,1-9H3,(H,51,58)(H,52,59)(H,53,62)(H,54,63)/t38-,39-,40-,41?,42-,43-/m0/s1. The van der Waals surface area contributed by atoms with E-state index in [4.69, 9.17) is 9.47 Å². The van der Waals surface area contributed by atoms with E-state index in [1.807, 2.05) is 52.0 Å². The molecule has 65 heavy (non-hydrogen) atoms. The number of alkyl carbamates (subject to hydrolysis) is 2. The van der Waals surface area contributed by atoms with E-state index in [0.717, 1.165) is 29.7 Å². The quantitative estimate of drug-likeness (QED) is 0.134. The van der Waals surface area contributed by atoms with Crippen molar-refractivity contribution in [2.45, 2.75) is 129 Å². The van der Waals surface area contributed by atoms with Gasteiger partial charge in [-0.1, -0.05) is 84.9 Å². The van der Waals surface area contributed by atoms with Gasteiger partial charge in [-0.15, -0.1) is 0 Å². The summed E-state index contributed by atoms with van der Waals surface area (Å²) in [5.41, 5.74) is 5.75. The lowest BCUT2D eigenvalue weighted by Crippen LogP contribution is -2.54. The lowest BCUT2D eigenvalue weighted by molar-refractivity contribution is -0.139. The van der Waals surface area contributed by atoms with Gasteiger partial charge in [0.15, 0.2) is 0 Å². The molecule has 15 nitrogen and oxygen atoms in total. The van der Waals surface area contributed by atoms with Gasteiger partial charge >= 0.3 is 12.2 Å². The highest BCUT2D eigenvalue weighted by Crippen LogP contribution is 2.47. The van der Waals surface area contributed by atoms with Crippen molar-refractivity contribution in [2.24, 2.45) is 11.8 Å². The molecular weight excluding hydrogens is 827 g/mol. The van der Waals surface area contributed by atoms with Crippen LogP contribution in [0.5, 0.6) is 0 Å².